The van der Waals surface area contributed by atoms with Crippen LogP contribution < -0.4 is 5.32 Å². The highest BCUT2D eigenvalue weighted by atomic mass is 19.3. The average molecular weight is 161 g/mol. The van der Waals surface area contributed by atoms with Crippen LogP contribution in [-0.2, 0) is 0 Å². The number of nitrogens with one attached hydrogen (secondary N) is 1. The Hall–Kier alpha value is -0.180. The molecule has 64 valence electrons. The van der Waals surface area contributed by atoms with E-state index in [0.29, 0.717) is 12.5 Å². The van der Waals surface area contributed by atoms with E-state index in [1.807, 2.05) is 0 Å². The van der Waals surface area contributed by atoms with E-state index in [1.54, 1.807) is 0 Å². The van der Waals surface area contributed by atoms with Gasteiger partial charge in [-0.2, -0.15) is 0 Å². The zero-order valence-corrected chi connectivity index (χ0v) is 6.45. The van der Waals surface area contributed by atoms with Crippen molar-refractivity contribution in [1.29, 1.82) is 0 Å². The highest BCUT2D eigenvalue weighted by Crippen LogP contribution is 2.39. The SMILES string of the molecule is FC1(F)CCC2NCCC2C1. The Morgan fingerprint density at radius 2 is 2.09 bits per heavy atom. The summed E-state index contributed by atoms with van der Waals surface area (Å²) in [7, 11) is 0. The maximum absolute atomic E-state index is 12.8. The molecule has 2 atom stereocenters. The van der Waals surface area contributed by atoms with Crippen LogP contribution in [0.5, 0.6) is 0 Å². The molecule has 2 unspecified atom stereocenters. The molecule has 1 heterocycles. The maximum atomic E-state index is 12.8. The number of hydrogen-bond donors (Lipinski definition) is 1. The van der Waals surface area contributed by atoms with Gasteiger partial charge in [-0.1, -0.05) is 0 Å². The smallest absolute Gasteiger partial charge is 0.248 e. The van der Waals surface area contributed by atoms with Crippen LogP contribution in [-0.4, -0.2) is 18.5 Å². The van der Waals surface area contributed by atoms with Crippen LogP contribution in [0.4, 0.5) is 8.78 Å². The van der Waals surface area contributed by atoms with Gasteiger partial charge in [-0.25, -0.2) is 8.78 Å². The highest BCUT2D eigenvalue weighted by Gasteiger charge is 2.42. The standard InChI is InChI=1S/C8H13F2N/c9-8(10)3-1-7-6(5-8)2-4-11-7/h6-7,11H,1-5H2. The summed E-state index contributed by atoms with van der Waals surface area (Å²) < 4.78 is 25.6. The molecule has 3 heteroatoms. The molecule has 0 amide bonds. The van der Waals surface area contributed by atoms with Crippen LogP contribution in [0.1, 0.15) is 25.7 Å². The topological polar surface area (TPSA) is 12.0 Å². The Kier molecular flexibility index (Phi) is 1.63. The predicted molar refractivity (Wildman–Crippen MR) is 38.7 cm³/mol. The average Bonchev–Trinajstić information content (AvgIpc) is 2.31. The number of hydrogen-bond acceptors (Lipinski definition) is 1. The fraction of sp³-hybridized carbons (Fsp3) is 1.00. The molecule has 2 aliphatic rings. The van der Waals surface area contributed by atoms with E-state index in [2.05, 4.69) is 5.32 Å². The van der Waals surface area contributed by atoms with Crippen LogP contribution in [0.25, 0.3) is 0 Å². The molecule has 1 aliphatic carbocycles. The quantitative estimate of drug-likeness (QED) is 0.571. The lowest BCUT2D eigenvalue weighted by atomic mass is 9.83. The molecule has 0 radical (unpaired) electrons. The van der Waals surface area contributed by atoms with Gasteiger partial charge in [0.05, 0.1) is 0 Å². The number of halogens is 2. The van der Waals surface area contributed by atoms with Crippen molar-refractivity contribution in [3.63, 3.8) is 0 Å². The van der Waals surface area contributed by atoms with Crippen molar-refractivity contribution < 1.29 is 8.78 Å². The predicted octanol–water partition coefficient (Wildman–Crippen LogP) is 1.78. The van der Waals surface area contributed by atoms with Crippen molar-refractivity contribution in [2.75, 3.05) is 6.54 Å². The first-order valence-electron chi connectivity index (χ1n) is 4.29. The largest absolute Gasteiger partial charge is 0.314 e. The summed E-state index contributed by atoms with van der Waals surface area (Å²) in [6.07, 6.45) is 1.81. The second-order valence-electron chi connectivity index (χ2n) is 3.71. The second kappa shape index (κ2) is 2.41. The van der Waals surface area contributed by atoms with E-state index in [1.165, 1.54) is 0 Å². The van der Waals surface area contributed by atoms with Crippen molar-refractivity contribution in [1.82, 2.24) is 5.32 Å². The zero-order chi connectivity index (χ0) is 7.90. The van der Waals surface area contributed by atoms with Crippen LogP contribution in [0.2, 0.25) is 0 Å². The maximum Gasteiger partial charge on any atom is 0.248 e. The molecule has 2 fully saturated rings. The molecule has 1 N–H and O–H groups in total. The van der Waals surface area contributed by atoms with E-state index in [-0.39, 0.29) is 18.8 Å². The first-order valence-corrected chi connectivity index (χ1v) is 4.29. The molecular formula is C8H13F2N. The molecule has 1 saturated heterocycles. The number of alkyl halides is 2. The summed E-state index contributed by atoms with van der Waals surface area (Å²) in [5, 5.41) is 3.26. The summed E-state index contributed by atoms with van der Waals surface area (Å²) in [4.78, 5) is 0. The van der Waals surface area contributed by atoms with Gasteiger partial charge >= 0.3 is 0 Å². The summed E-state index contributed by atoms with van der Waals surface area (Å²) in [5.74, 6) is -2.12. The van der Waals surface area contributed by atoms with Gasteiger partial charge in [-0.3, -0.25) is 0 Å². The Morgan fingerprint density at radius 1 is 1.27 bits per heavy atom. The van der Waals surface area contributed by atoms with E-state index in [4.69, 9.17) is 0 Å². The molecule has 0 spiro atoms. The third kappa shape index (κ3) is 1.39. The summed E-state index contributed by atoms with van der Waals surface area (Å²) >= 11 is 0. The minimum Gasteiger partial charge on any atom is -0.314 e. The Balaban J connectivity index is 2.02. The zero-order valence-electron chi connectivity index (χ0n) is 6.45. The molecular weight excluding hydrogens is 148 g/mol. The van der Waals surface area contributed by atoms with E-state index < -0.39 is 5.92 Å². The second-order valence-corrected chi connectivity index (χ2v) is 3.71. The molecule has 0 aromatic rings. The fourth-order valence-electron chi connectivity index (χ4n) is 2.26. The van der Waals surface area contributed by atoms with Gasteiger partial charge in [0.2, 0.25) is 5.92 Å². The lowest BCUT2D eigenvalue weighted by Gasteiger charge is -2.31. The van der Waals surface area contributed by atoms with E-state index in [0.717, 1.165) is 13.0 Å². The lowest BCUT2D eigenvalue weighted by Crippen LogP contribution is -2.37. The highest BCUT2D eigenvalue weighted by molar-refractivity contribution is 4.92. The van der Waals surface area contributed by atoms with Crippen LogP contribution in [0, 0.1) is 5.92 Å². The third-order valence-corrected chi connectivity index (χ3v) is 2.87. The number of rotatable bonds is 0. The van der Waals surface area contributed by atoms with Gasteiger partial charge in [-0.15, -0.1) is 0 Å². The molecule has 1 saturated carbocycles. The Bertz CT molecular complexity index is 158. The summed E-state index contributed by atoms with van der Waals surface area (Å²) in [6.45, 7) is 0.936. The van der Waals surface area contributed by atoms with Crippen LogP contribution in [0.3, 0.4) is 0 Å². The van der Waals surface area contributed by atoms with Crippen molar-refractivity contribution in [2.45, 2.75) is 37.6 Å². The molecule has 2 rings (SSSR count). The van der Waals surface area contributed by atoms with Gasteiger partial charge in [0.1, 0.15) is 0 Å². The first-order chi connectivity index (χ1) is 5.17. The van der Waals surface area contributed by atoms with Crippen molar-refractivity contribution in [3.05, 3.63) is 0 Å². The summed E-state index contributed by atoms with van der Waals surface area (Å²) in [5.41, 5.74) is 0. The van der Waals surface area contributed by atoms with Crippen LogP contribution >= 0.6 is 0 Å². The first kappa shape index (κ1) is 7.47. The minimum absolute atomic E-state index is 0.0845. The van der Waals surface area contributed by atoms with E-state index >= 15 is 0 Å². The minimum atomic E-state index is -2.37. The lowest BCUT2D eigenvalue weighted by molar-refractivity contribution is -0.0551. The van der Waals surface area contributed by atoms with Crippen molar-refractivity contribution in [3.8, 4) is 0 Å². The molecule has 1 aliphatic heterocycles. The molecule has 0 aromatic carbocycles. The van der Waals surface area contributed by atoms with Crippen molar-refractivity contribution >= 4 is 0 Å². The van der Waals surface area contributed by atoms with Crippen LogP contribution in [0.15, 0.2) is 0 Å². The van der Waals surface area contributed by atoms with Gasteiger partial charge in [0.15, 0.2) is 0 Å². The van der Waals surface area contributed by atoms with Crippen molar-refractivity contribution in [2.24, 2.45) is 5.92 Å². The van der Waals surface area contributed by atoms with Gasteiger partial charge in [-0.05, 0) is 25.3 Å². The van der Waals surface area contributed by atoms with Gasteiger partial charge in [0.25, 0.3) is 0 Å². The molecule has 0 bridgehead atoms. The summed E-state index contributed by atoms with van der Waals surface area (Å²) in [6, 6.07) is 0.398. The van der Waals surface area contributed by atoms with E-state index in [9.17, 15) is 8.78 Å². The molecule has 11 heavy (non-hydrogen) atoms. The van der Waals surface area contributed by atoms with Gasteiger partial charge in [0, 0.05) is 18.9 Å². The Morgan fingerprint density at radius 3 is 2.91 bits per heavy atom. The third-order valence-electron chi connectivity index (χ3n) is 2.87. The molecule has 1 nitrogen and oxygen atoms in total. The normalized spacial score (nSPS) is 42.0. The fourth-order valence-corrected chi connectivity index (χ4v) is 2.26. The van der Waals surface area contributed by atoms with Gasteiger partial charge < -0.3 is 5.32 Å². The Labute approximate surface area is 65.2 Å². The number of fused-ring (bicyclic) bond motifs is 1. The molecule has 0 aromatic heterocycles. The monoisotopic (exact) mass is 161 g/mol.